The molecule has 2 heterocycles. The summed E-state index contributed by atoms with van der Waals surface area (Å²) in [6.45, 7) is 5.69. The maximum Gasteiger partial charge on any atom is 0.310 e. The van der Waals surface area contributed by atoms with Gasteiger partial charge >= 0.3 is 5.97 Å². The zero-order valence-corrected chi connectivity index (χ0v) is 20.3. The molecule has 1 atom stereocenters. The van der Waals surface area contributed by atoms with Gasteiger partial charge in [0.15, 0.2) is 5.75 Å². The van der Waals surface area contributed by atoms with E-state index in [0.717, 1.165) is 0 Å². The second kappa shape index (κ2) is 11.9. The van der Waals surface area contributed by atoms with Crippen LogP contribution in [0.15, 0.2) is 73.1 Å². The van der Waals surface area contributed by atoms with Gasteiger partial charge in [-0.15, -0.1) is 0 Å². The van der Waals surface area contributed by atoms with Crippen molar-refractivity contribution < 1.29 is 14.5 Å². The molecule has 0 spiro atoms. The van der Waals surface area contributed by atoms with Crippen molar-refractivity contribution in [2.24, 2.45) is 0 Å². The number of hydrogen-bond donors (Lipinski definition) is 1. The number of nitro groups is 1. The highest BCUT2D eigenvalue weighted by atomic mass is 35.5. The van der Waals surface area contributed by atoms with Crippen molar-refractivity contribution in [1.29, 1.82) is 0 Å². The van der Waals surface area contributed by atoms with Crippen LogP contribution in [0.3, 0.4) is 0 Å². The standard InChI is InChI=1S/C24H19ClN4O4.C2H6/c1-2-21(30)33-24-18(14-19(25)17-9-6-12-27-23(17)24)22(28-20-10-3-4-11-26-20)15-7-5-8-16(13-15)29(31)32;1-2/h3-14,22H,2H2,1H3,(H,26,28);1-2H3. The smallest absolute Gasteiger partial charge is 0.310 e. The molecule has 0 saturated heterocycles. The Hall–Kier alpha value is -4.04. The number of carbonyl (C=O) groups is 1. The van der Waals surface area contributed by atoms with E-state index < -0.39 is 16.9 Å². The van der Waals surface area contributed by atoms with E-state index in [-0.39, 0.29) is 17.9 Å². The van der Waals surface area contributed by atoms with E-state index in [1.807, 2.05) is 19.9 Å². The summed E-state index contributed by atoms with van der Waals surface area (Å²) in [6.07, 6.45) is 3.37. The molecule has 0 bridgehead atoms. The highest BCUT2D eigenvalue weighted by Crippen LogP contribution is 2.41. The van der Waals surface area contributed by atoms with Crippen molar-refractivity contribution in [2.45, 2.75) is 33.2 Å². The maximum atomic E-state index is 12.3. The quantitative estimate of drug-likeness (QED) is 0.132. The van der Waals surface area contributed by atoms with E-state index in [1.54, 1.807) is 61.8 Å². The normalized spacial score (nSPS) is 11.2. The number of aromatic nitrogens is 2. The maximum absolute atomic E-state index is 12.3. The van der Waals surface area contributed by atoms with Crippen LogP contribution in [0.2, 0.25) is 5.02 Å². The van der Waals surface area contributed by atoms with Crippen LogP contribution in [0.4, 0.5) is 11.5 Å². The third kappa shape index (κ3) is 5.91. The van der Waals surface area contributed by atoms with Gasteiger partial charge in [0, 0.05) is 41.9 Å². The molecule has 0 radical (unpaired) electrons. The van der Waals surface area contributed by atoms with E-state index in [0.29, 0.717) is 32.9 Å². The van der Waals surface area contributed by atoms with Gasteiger partial charge < -0.3 is 10.1 Å². The number of rotatable bonds is 7. The number of pyridine rings is 2. The number of nitrogens with one attached hydrogen (secondary N) is 1. The third-order valence-corrected chi connectivity index (χ3v) is 5.32. The molecule has 0 aliphatic carbocycles. The monoisotopic (exact) mass is 492 g/mol. The van der Waals surface area contributed by atoms with Crippen molar-refractivity contribution in [3.05, 3.63) is 99.3 Å². The molecule has 2 aromatic carbocycles. The van der Waals surface area contributed by atoms with Gasteiger partial charge in [-0.1, -0.05) is 50.6 Å². The Morgan fingerprint density at radius 2 is 1.86 bits per heavy atom. The van der Waals surface area contributed by atoms with Crippen LogP contribution < -0.4 is 10.1 Å². The zero-order chi connectivity index (χ0) is 25.4. The molecule has 0 amide bonds. The van der Waals surface area contributed by atoms with Crippen LogP contribution >= 0.6 is 11.6 Å². The molecule has 4 aromatic rings. The van der Waals surface area contributed by atoms with Gasteiger partial charge in [-0.2, -0.15) is 0 Å². The van der Waals surface area contributed by atoms with Crippen LogP contribution in [-0.4, -0.2) is 20.9 Å². The SMILES string of the molecule is CC.CCC(=O)Oc1c(C(Nc2ccccn2)c2cccc([N+](=O)[O-])c2)cc(Cl)c2cccnc12. The third-order valence-electron chi connectivity index (χ3n) is 5.01. The summed E-state index contributed by atoms with van der Waals surface area (Å²) < 4.78 is 5.73. The van der Waals surface area contributed by atoms with Crippen molar-refractivity contribution >= 4 is 40.0 Å². The Morgan fingerprint density at radius 1 is 1.09 bits per heavy atom. The van der Waals surface area contributed by atoms with Crippen molar-refractivity contribution in [2.75, 3.05) is 5.32 Å². The number of anilines is 1. The average Bonchev–Trinajstić information content (AvgIpc) is 2.90. The van der Waals surface area contributed by atoms with Crippen LogP contribution in [0.25, 0.3) is 10.9 Å². The van der Waals surface area contributed by atoms with Gasteiger partial charge in [-0.25, -0.2) is 4.98 Å². The Labute approximate surface area is 208 Å². The van der Waals surface area contributed by atoms with Gasteiger partial charge in [-0.05, 0) is 35.9 Å². The van der Waals surface area contributed by atoms with E-state index >= 15 is 0 Å². The van der Waals surface area contributed by atoms with Crippen LogP contribution in [0, 0.1) is 10.1 Å². The predicted octanol–water partition coefficient (Wildman–Crippen LogP) is 6.73. The fourth-order valence-corrected chi connectivity index (χ4v) is 3.73. The first-order chi connectivity index (χ1) is 17.0. The molecule has 0 fully saturated rings. The van der Waals surface area contributed by atoms with Gasteiger partial charge in [0.25, 0.3) is 5.69 Å². The molecule has 8 nitrogen and oxygen atoms in total. The van der Waals surface area contributed by atoms with Gasteiger partial charge in [0.05, 0.1) is 16.0 Å². The molecule has 4 rings (SSSR count). The fourth-order valence-electron chi connectivity index (χ4n) is 3.46. The number of ether oxygens (including phenoxy) is 1. The number of esters is 1. The molecule has 180 valence electrons. The number of benzene rings is 2. The highest BCUT2D eigenvalue weighted by molar-refractivity contribution is 6.35. The molecule has 1 N–H and O–H groups in total. The minimum atomic E-state index is -0.677. The number of carbonyl (C=O) groups excluding carboxylic acids is 1. The lowest BCUT2D eigenvalue weighted by molar-refractivity contribution is -0.384. The number of non-ortho nitro benzene ring substituents is 1. The summed E-state index contributed by atoms with van der Waals surface area (Å²) in [5.74, 6) is 0.321. The second-order valence-corrected chi connectivity index (χ2v) is 7.56. The summed E-state index contributed by atoms with van der Waals surface area (Å²) in [5.41, 5.74) is 1.41. The van der Waals surface area contributed by atoms with Crippen molar-refractivity contribution in [3.8, 4) is 5.75 Å². The number of fused-ring (bicyclic) bond motifs is 1. The second-order valence-electron chi connectivity index (χ2n) is 7.15. The Morgan fingerprint density at radius 3 is 2.54 bits per heavy atom. The Bertz CT molecular complexity index is 1330. The Kier molecular flexibility index (Phi) is 8.69. The van der Waals surface area contributed by atoms with Gasteiger partial charge in [-0.3, -0.25) is 19.9 Å². The summed E-state index contributed by atoms with van der Waals surface area (Å²) in [7, 11) is 0. The topological polar surface area (TPSA) is 107 Å². The van der Waals surface area contributed by atoms with Crippen LogP contribution in [-0.2, 0) is 4.79 Å². The first kappa shape index (κ1) is 25.6. The number of hydrogen-bond acceptors (Lipinski definition) is 7. The number of nitro benzene ring substituents is 1. The number of nitrogens with zero attached hydrogens (tertiary/aromatic N) is 3. The van der Waals surface area contributed by atoms with Crippen LogP contribution in [0.5, 0.6) is 5.75 Å². The Balaban J connectivity index is 0.00000167. The lowest BCUT2D eigenvalue weighted by Crippen LogP contribution is -2.17. The molecule has 0 saturated carbocycles. The molecule has 0 aliphatic rings. The van der Waals surface area contributed by atoms with Crippen molar-refractivity contribution in [1.82, 2.24) is 9.97 Å². The van der Waals surface area contributed by atoms with Gasteiger partial charge in [0.2, 0.25) is 0 Å². The molecule has 0 aliphatic heterocycles. The minimum absolute atomic E-state index is 0.0718. The first-order valence-electron chi connectivity index (χ1n) is 11.2. The molecular formula is C26H25ClN4O4. The molecule has 2 aromatic heterocycles. The summed E-state index contributed by atoms with van der Waals surface area (Å²) in [5, 5.41) is 15.7. The average molecular weight is 493 g/mol. The lowest BCUT2D eigenvalue weighted by Gasteiger charge is -2.24. The van der Waals surface area contributed by atoms with E-state index in [9.17, 15) is 14.9 Å². The van der Waals surface area contributed by atoms with E-state index in [1.165, 1.54) is 12.1 Å². The van der Waals surface area contributed by atoms with E-state index in [4.69, 9.17) is 16.3 Å². The number of halogens is 1. The molecule has 9 heteroatoms. The molecule has 1 unspecified atom stereocenters. The lowest BCUT2D eigenvalue weighted by atomic mass is 9.95. The molecule has 35 heavy (non-hydrogen) atoms. The van der Waals surface area contributed by atoms with Crippen LogP contribution in [0.1, 0.15) is 44.4 Å². The van der Waals surface area contributed by atoms with Gasteiger partial charge in [0.1, 0.15) is 11.3 Å². The minimum Gasteiger partial charge on any atom is -0.424 e. The molecular weight excluding hydrogens is 468 g/mol. The fraction of sp³-hybridized carbons (Fsp3) is 0.192. The summed E-state index contributed by atoms with van der Waals surface area (Å²) in [4.78, 5) is 32.0. The largest absolute Gasteiger partial charge is 0.424 e. The predicted molar refractivity (Wildman–Crippen MR) is 137 cm³/mol. The first-order valence-corrected chi connectivity index (χ1v) is 11.6. The highest BCUT2D eigenvalue weighted by Gasteiger charge is 2.26. The summed E-state index contributed by atoms with van der Waals surface area (Å²) in [6, 6.07) is 16.1. The zero-order valence-electron chi connectivity index (χ0n) is 19.6. The van der Waals surface area contributed by atoms with Crippen molar-refractivity contribution in [3.63, 3.8) is 0 Å². The summed E-state index contributed by atoms with van der Waals surface area (Å²) >= 11 is 6.59. The van der Waals surface area contributed by atoms with E-state index in [2.05, 4.69) is 15.3 Å².